The number of benzene rings is 2. The molecule has 1 N–H and O–H groups in total. The summed E-state index contributed by atoms with van der Waals surface area (Å²) in [5.74, 6) is 0. The Morgan fingerprint density at radius 3 is 2.22 bits per heavy atom. The van der Waals surface area contributed by atoms with E-state index in [0.717, 1.165) is 12.1 Å². The number of likely N-dealkylation sites (tertiary alicyclic amines) is 1. The van der Waals surface area contributed by atoms with E-state index in [2.05, 4.69) is 38.2 Å². The van der Waals surface area contributed by atoms with Gasteiger partial charge in [0, 0.05) is 11.7 Å². The van der Waals surface area contributed by atoms with Crippen molar-refractivity contribution in [2.75, 3.05) is 5.32 Å². The molecule has 1 aliphatic heterocycles. The second kappa shape index (κ2) is 6.07. The van der Waals surface area contributed by atoms with Crippen molar-refractivity contribution < 1.29 is 4.79 Å². The number of rotatable bonds is 2. The molecule has 0 saturated carbocycles. The van der Waals surface area contributed by atoms with Gasteiger partial charge in [0.25, 0.3) is 0 Å². The molecule has 1 aliphatic rings. The van der Waals surface area contributed by atoms with E-state index in [-0.39, 0.29) is 23.5 Å². The highest BCUT2D eigenvalue weighted by atomic mass is 16.2. The first-order valence-electron chi connectivity index (χ1n) is 8.18. The van der Waals surface area contributed by atoms with Gasteiger partial charge in [-0.25, -0.2) is 4.79 Å². The van der Waals surface area contributed by atoms with Gasteiger partial charge in [0.15, 0.2) is 0 Å². The van der Waals surface area contributed by atoms with Crippen LogP contribution in [0.1, 0.15) is 38.8 Å². The highest BCUT2D eigenvalue weighted by Crippen LogP contribution is 2.49. The van der Waals surface area contributed by atoms with Gasteiger partial charge in [0.2, 0.25) is 0 Å². The van der Waals surface area contributed by atoms with Crippen LogP contribution in [0.25, 0.3) is 0 Å². The molecule has 1 heterocycles. The van der Waals surface area contributed by atoms with Crippen LogP contribution in [0.4, 0.5) is 10.5 Å². The molecule has 2 amide bonds. The number of urea groups is 1. The normalized spacial score (nSPS) is 22.8. The summed E-state index contributed by atoms with van der Waals surface area (Å²) in [5, 5.41) is 3.04. The number of hydrogen-bond acceptors (Lipinski definition) is 1. The van der Waals surface area contributed by atoms with E-state index in [4.69, 9.17) is 0 Å². The van der Waals surface area contributed by atoms with Crippen molar-refractivity contribution in [2.24, 2.45) is 5.41 Å². The first-order chi connectivity index (χ1) is 11.0. The third-order valence-electron chi connectivity index (χ3n) is 4.69. The molecule has 0 spiro atoms. The summed E-state index contributed by atoms with van der Waals surface area (Å²) < 4.78 is 0. The fourth-order valence-electron chi connectivity index (χ4n) is 3.88. The molecule has 1 saturated heterocycles. The maximum absolute atomic E-state index is 12.9. The van der Waals surface area contributed by atoms with Gasteiger partial charge in [-0.2, -0.15) is 0 Å². The Kier molecular flexibility index (Phi) is 4.12. The molecule has 0 unspecified atom stereocenters. The summed E-state index contributed by atoms with van der Waals surface area (Å²) in [5.41, 5.74) is 2.08. The number of anilines is 1. The van der Waals surface area contributed by atoms with Crippen LogP contribution >= 0.6 is 0 Å². The average Bonchev–Trinajstić information content (AvgIpc) is 2.78. The van der Waals surface area contributed by atoms with Crippen molar-refractivity contribution in [1.29, 1.82) is 0 Å². The molecule has 0 aromatic heterocycles. The molecule has 0 radical (unpaired) electrons. The van der Waals surface area contributed by atoms with Gasteiger partial charge in [-0.3, -0.25) is 0 Å². The molecule has 2 aromatic rings. The van der Waals surface area contributed by atoms with E-state index >= 15 is 0 Å². The number of nitrogens with zero attached hydrogens (tertiary/aromatic N) is 1. The Hall–Kier alpha value is -2.29. The van der Waals surface area contributed by atoms with Gasteiger partial charge in [0.05, 0.1) is 6.04 Å². The van der Waals surface area contributed by atoms with Crippen LogP contribution in [0, 0.1) is 5.41 Å². The minimum Gasteiger partial charge on any atom is -0.314 e. The molecule has 0 bridgehead atoms. The van der Waals surface area contributed by atoms with Crippen molar-refractivity contribution >= 4 is 11.7 Å². The number of hydrogen-bond donors (Lipinski definition) is 1. The molecule has 120 valence electrons. The van der Waals surface area contributed by atoms with Gasteiger partial charge >= 0.3 is 6.03 Å². The lowest BCUT2D eigenvalue weighted by Gasteiger charge is -2.34. The van der Waals surface area contributed by atoms with Crippen LogP contribution in [-0.2, 0) is 0 Å². The second-order valence-electron chi connectivity index (χ2n) is 7.06. The van der Waals surface area contributed by atoms with Gasteiger partial charge in [-0.15, -0.1) is 0 Å². The Labute approximate surface area is 138 Å². The zero-order chi connectivity index (χ0) is 16.4. The molecule has 3 nitrogen and oxygen atoms in total. The lowest BCUT2D eigenvalue weighted by Crippen LogP contribution is -2.40. The number of amides is 2. The number of nitrogens with one attached hydrogen (secondary N) is 1. The molecule has 1 fully saturated rings. The largest absolute Gasteiger partial charge is 0.322 e. The molecule has 2 aromatic carbocycles. The zero-order valence-corrected chi connectivity index (χ0v) is 14.0. The molecule has 3 rings (SSSR count). The van der Waals surface area contributed by atoms with E-state index < -0.39 is 0 Å². The fourth-order valence-corrected chi connectivity index (χ4v) is 3.88. The lowest BCUT2D eigenvalue weighted by molar-refractivity contribution is 0.170. The lowest BCUT2D eigenvalue weighted by atomic mass is 9.80. The SMILES string of the molecule is C[C@@H]1CC(C)(C)[C@H](c2ccccc2)N1C(=O)Nc1ccccc1. The number of para-hydroxylation sites is 1. The first-order valence-corrected chi connectivity index (χ1v) is 8.18. The van der Waals surface area contributed by atoms with E-state index in [1.165, 1.54) is 5.56 Å². The highest BCUT2D eigenvalue weighted by Gasteiger charge is 2.47. The number of carbonyl (C=O) groups excluding carboxylic acids is 1. The van der Waals surface area contributed by atoms with Crippen LogP contribution in [-0.4, -0.2) is 17.0 Å². The van der Waals surface area contributed by atoms with Gasteiger partial charge in [0.1, 0.15) is 0 Å². The second-order valence-corrected chi connectivity index (χ2v) is 7.06. The molecule has 0 aliphatic carbocycles. The predicted octanol–water partition coefficient (Wildman–Crippen LogP) is 5.08. The summed E-state index contributed by atoms with van der Waals surface area (Å²) in [7, 11) is 0. The third kappa shape index (κ3) is 3.09. The predicted molar refractivity (Wildman–Crippen MR) is 94.3 cm³/mol. The summed E-state index contributed by atoms with van der Waals surface area (Å²) >= 11 is 0. The Morgan fingerprint density at radius 2 is 1.61 bits per heavy atom. The Bertz CT molecular complexity index is 667. The average molecular weight is 308 g/mol. The third-order valence-corrected chi connectivity index (χ3v) is 4.69. The molecule has 2 atom stereocenters. The smallest absolute Gasteiger partial charge is 0.314 e. The molecule has 3 heteroatoms. The highest BCUT2D eigenvalue weighted by molar-refractivity contribution is 5.90. The van der Waals surface area contributed by atoms with Crippen molar-refractivity contribution in [3.8, 4) is 0 Å². The Balaban J connectivity index is 1.90. The van der Waals surface area contributed by atoms with E-state index in [0.29, 0.717) is 0 Å². The zero-order valence-electron chi connectivity index (χ0n) is 14.0. The van der Waals surface area contributed by atoms with Crippen molar-refractivity contribution in [2.45, 2.75) is 39.3 Å². The van der Waals surface area contributed by atoms with Crippen molar-refractivity contribution in [3.05, 3.63) is 66.2 Å². The maximum atomic E-state index is 12.9. The Morgan fingerprint density at radius 1 is 1.04 bits per heavy atom. The van der Waals surface area contributed by atoms with Gasteiger partial charge in [-0.05, 0) is 36.5 Å². The topological polar surface area (TPSA) is 32.3 Å². The van der Waals surface area contributed by atoms with Crippen LogP contribution in [0.5, 0.6) is 0 Å². The minimum atomic E-state index is -0.0249. The van der Waals surface area contributed by atoms with E-state index in [9.17, 15) is 4.79 Å². The van der Waals surface area contributed by atoms with Gasteiger partial charge in [-0.1, -0.05) is 62.4 Å². The van der Waals surface area contributed by atoms with E-state index in [1.807, 2.05) is 53.4 Å². The number of carbonyl (C=O) groups is 1. The first kappa shape index (κ1) is 15.6. The summed E-state index contributed by atoms with van der Waals surface area (Å²) in [6, 6.07) is 20.3. The molecular formula is C20H24N2O. The summed E-state index contributed by atoms with van der Waals surface area (Å²) in [6.07, 6.45) is 0.995. The maximum Gasteiger partial charge on any atom is 0.322 e. The monoisotopic (exact) mass is 308 g/mol. The molecule has 23 heavy (non-hydrogen) atoms. The van der Waals surface area contributed by atoms with Crippen molar-refractivity contribution in [1.82, 2.24) is 4.90 Å². The van der Waals surface area contributed by atoms with Crippen LogP contribution in [0.3, 0.4) is 0 Å². The summed E-state index contributed by atoms with van der Waals surface area (Å²) in [4.78, 5) is 14.9. The van der Waals surface area contributed by atoms with Crippen LogP contribution in [0.15, 0.2) is 60.7 Å². The van der Waals surface area contributed by atoms with Crippen LogP contribution < -0.4 is 5.32 Å². The minimum absolute atomic E-state index is 0.0249. The quantitative estimate of drug-likeness (QED) is 0.824. The van der Waals surface area contributed by atoms with Gasteiger partial charge < -0.3 is 10.2 Å². The summed E-state index contributed by atoms with van der Waals surface area (Å²) in [6.45, 7) is 6.63. The van der Waals surface area contributed by atoms with Crippen molar-refractivity contribution in [3.63, 3.8) is 0 Å². The fraction of sp³-hybridized carbons (Fsp3) is 0.350. The van der Waals surface area contributed by atoms with E-state index in [1.54, 1.807) is 0 Å². The standard InChI is InChI=1S/C20H24N2O/c1-15-14-20(2,3)18(16-10-6-4-7-11-16)22(15)19(23)21-17-12-8-5-9-13-17/h4-13,15,18H,14H2,1-3H3,(H,21,23)/t15-,18+/m1/s1. The van der Waals surface area contributed by atoms with Crippen LogP contribution in [0.2, 0.25) is 0 Å². The molecular weight excluding hydrogens is 284 g/mol.